The number of hydrogen-bond donors (Lipinski definition) is 2. The second-order valence-corrected chi connectivity index (χ2v) is 34.2. The molecule has 9 aromatic rings. The number of methoxy groups -OCH3 is 4. The van der Waals surface area contributed by atoms with Gasteiger partial charge in [0.2, 0.25) is 0 Å². The van der Waals surface area contributed by atoms with Gasteiger partial charge in [0.05, 0.1) is 34.1 Å². The van der Waals surface area contributed by atoms with Gasteiger partial charge in [0.15, 0.2) is 6.29 Å². The van der Waals surface area contributed by atoms with Gasteiger partial charge in [-0.05, 0) is 244 Å². The summed E-state index contributed by atoms with van der Waals surface area (Å²) in [5.41, 5.74) is 10.5. The van der Waals surface area contributed by atoms with Crippen molar-refractivity contribution in [3.63, 3.8) is 0 Å². The minimum absolute atomic E-state index is 0.257. The number of nitrogens with zero attached hydrogens (tertiary/aromatic N) is 8. The van der Waals surface area contributed by atoms with E-state index in [4.69, 9.17) is 29.5 Å². The number of piperidine rings is 4. The normalized spacial score (nSPS) is 20.8. The molecule has 546 valence electrons. The Hall–Kier alpha value is -7.51. The van der Waals surface area contributed by atoms with E-state index < -0.39 is 12.1 Å². The van der Waals surface area contributed by atoms with Crippen molar-refractivity contribution < 1.29 is 57.9 Å². The maximum atomic E-state index is 11.6. The highest BCUT2D eigenvalue weighted by molar-refractivity contribution is 14.1. The lowest BCUT2D eigenvalue weighted by Gasteiger charge is -2.21. The number of aromatic carboxylic acids is 1. The fourth-order valence-corrected chi connectivity index (χ4v) is 19.1. The molecule has 20 nitrogen and oxygen atoms in total. The van der Waals surface area contributed by atoms with Gasteiger partial charge in [-0.2, -0.15) is 0 Å². The zero-order chi connectivity index (χ0) is 73.6. The van der Waals surface area contributed by atoms with Gasteiger partial charge in [0.1, 0.15) is 53.8 Å². The summed E-state index contributed by atoms with van der Waals surface area (Å²) in [4.78, 5) is 97.3. The zero-order valence-electron chi connectivity index (χ0n) is 58.9. The third-order valence-electron chi connectivity index (χ3n) is 20.1. The second-order valence-electron chi connectivity index (χ2n) is 27.4. The first-order chi connectivity index (χ1) is 50.0. The number of fused-ring (bicyclic) bond motifs is 4. The van der Waals surface area contributed by atoms with E-state index in [0.29, 0.717) is 35.5 Å². The van der Waals surface area contributed by atoms with Gasteiger partial charge >= 0.3 is 29.8 Å². The molecule has 104 heavy (non-hydrogen) atoms. The molecule has 27 heteroatoms. The molecule has 17 rings (SSSR count). The highest BCUT2D eigenvalue weighted by Gasteiger charge is 2.48. The molecule has 4 saturated heterocycles. The van der Waals surface area contributed by atoms with Gasteiger partial charge in [-0.25, -0.2) is 43.9 Å². The molecule has 9 atom stereocenters. The lowest BCUT2D eigenvalue weighted by Crippen LogP contribution is -2.23. The molecule has 0 aromatic carbocycles. The first kappa shape index (κ1) is 76.1. The van der Waals surface area contributed by atoms with Crippen LogP contribution in [0.3, 0.4) is 0 Å². The van der Waals surface area contributed by atoms with E-state index in [0.717, 1.165) is 177 Å². The number of hydrogen-bond acceptors (Lipinski definition) is 24. The summed E-state index contributed by atoms with van der Waals surface area (Å²) in [7, 11) is 5.52. The number of aldehydes is 1. The van der Waals surface area contributed by atoms with Crippen LogP contribution in [0, 0.1) is 78.6 Å². The van der Waals surface area contributed by atoms with Gasteiger partial charge in [-0.1, -0.05) is 18.2 Å². The Kier molecular flexibility index (Phi) is 24.9. The van der Waals surface area contributed by atoms with Crippen molar-refractivity contribution in [2.75, 3.05) is 100 Å². The average molecular weight is 1680 g/mol. The van der Waals surface area contributed by atoms with Crippen molar-refractivity contribution in [3.05, 3.63) is 200 Å². The number of pyridine rings is 4. The topological polar surface area (TPSA) is 244 Å². The molecule has 9 aromatic heterocycles. The number of carboxylic acids is 1. The molecule has 0 spiro atoms. The zero-order valence-corrected chi connectivity index (χ0v) is 66.7. The first-order valence-corrected chi connectivity index (χ1v) is 40.6. The minimum Gasteiger partial charge on any atom is -0.477 e. The Bertz CT molecular complexity index is 4520. The largest absolute Gasteiger partial charge is 0.477 e. The van der Waals surface area contributed by atoms with Crippen LogP contribution >= 0.6 is 95.2 Å². The lowest BCUT2D eigenvalue weighted by atomic mass is 10.0. The Balaban J connectivity index is 0.000000121. The molecule has 9 unspecified atom stereocenters. The van der Waals surface area contributed by atoms with Gasteiger partial charge in [0, 0.05) is 112 Å². The number of carboxylic acid groups (broad SMARTS) is 1. The minimum atomic E-state index is -0.853. The molecule has 0 radical (unpaired) electrons. The van der Waals surface area contributed by atoms with Crippen molar-refractivity contribution in [2.24, 2.45) is 47.3 Å². The lowest BCUT2D eigenvalue weighted by molar-refractivity contribution is 0.0597. The summed E-state index contributed by atoms with van der Waals surface area (Å²) in [5.74, 6) is 9.39. The van der Waals surface area contributed by atoms with E-state index in [9.17, 15) is 33.9 Å². The molecule has 4 aliphatic carbocycles. The van der Waals surface area contributed by atoms with Crippen molar-refractivity contribution in [1.29, 1.82) is 0 Å². The Morgan fingerprint density at radius 3 is 1.20 bits per heavy atom. The number of aliphatic hydroxyl groups excluding tert-OH is 1. The predicted octanol–water partition coefficient (Wildman–Crippen LogP) is 15.4. The first-order valence-electron chi connectivity index (χ1n) is 34.3. The smallest absolute Gasteiger partial charge is 0.348 e. The molecule has 2 N–H and O–H groups in total. The third-order valence-corrected chi connectivity index (χ3v) is 26.6. The summed E-state index contributed by atoms with van der Waals surface area (Å²) >= 11 is 12.1. The Labute approximate surface area is 647 Å². The Morgan fingerprint density at radius 2 is 0.837 bits per heavy atom. The summed E-state index contributed by atoms with van der Waals surface area (Å²) in [6.07, 6.45) is 7.22. The maximum Gasteiger partial charge on any atom is 0.348 e. The highest BCUT2D eigenvalue weighted by Crippen LogP contribution is 2.49. The number of halogens is 2. The van der Waals surface area contributed by atoms with E-state index >= 15 is 0 Å². The number of rotatable bonds is 16. The number of esters is 4. The van der Waals surface area contributed by atoms with Crippen molar-refractivity contribution in [1.82, 2.24) is 19.9 Å². The monoisotopic (exact) mass is 1680 g/mol. The van der Waals surface area contributed by atoms with Gasteiger partial charge < -0.3 is 48.8 Å². The number of anilines is 4. The second kappa shape index (κ2) is 33.9. The molecule has 4 aliphatic heterocycles. The molecular formula is C77H82BrIN8O12S5. The number of ether oxygens (including phenoxy) is 4. The number of aliphatic hydroxyl groups is 1. The predicted molar refractivity (Wildman–Crippen MR) is 421 cm³/mol. The summed E-state index contributed by atoms with van der Waals surface area (Å²) in [6.45, 7) is 17.1. The van der Waals surface area contributed by atoms with Gasteiger partial charge in [0.25, 0.3) is 0 Å². The van der Waals surface area contributed by atoms with Crippen LogP contribution in [0.25, 0.3) is 0 Å². The van der Waals surface area contributed by atoms with Crippen LogP contribution in [0.15, 0.2) is 110 Å². The van der Waals surface area contributed by atoms with Crippen LogP contribution in [0.4, 0.5) is 23.3 Å². The molecule has 4 saturated carbocycles. The van der Waals surface area contributed by atoms with Crippen LogP contribution in [-0.2, 0) is 31.8 Å². The van der Waals surface area contributed by atoms with Crippen molar-refractivity contribution in [3.8, 4) is 0 Å². The van der Waals surface area contributed by atoms with Crippen molar-refractivity contribution in [2.45, 2.75) is 72.3 Å². The number of carbonyl (C=O) groups excluding carboxylic acids is 5. The SMILES string of the molecule is COC(=O)c1cc(Br)cs1.COC(=O)c1cc(C(O)c2ccc(N3CC4CC4C3)nc2C)cs1.COC(=O)c1cc(Cc2ccc(N3CC4CC4C3)nc2C)cs1.COC(=O)c1cc(I)cs1.Cc1nc(N2CC3CC3C2)ccc1C=O.Cc1nc(N2CC3CC3C2)ccc1Cc1csc(C(=O)O)c1. The molecule has 8 aliphatic rings. The average Bonchev–Trinajstić information content (AvgIpc) is 1.63. The van der Waals surface area contributed by atoms with Gasteiger partial charge in [-0.15, -0.1) is 56.7 Å². The number of carbonyl (C=O) groups is 6. The highest BCUT2D eigenvalue weighted by atomic mass is 127. The van der Waals surface area contributed by atoms with E-state index in [1.165, 1.54) is 135 Å². The number of aryl methyl sites for hydroxylation is 4. The van der Waals surface area contributed by atoms with Crippen LogP contribution in [-0.4, -0.2) is 147 Å². The molecule has 13 heterocycles. The number of thiophene rings is 5. The molecule has 0 amide bonds. The summed E-state index contributed by atoms with van der Waals surface area (Å²) < 4.78 is 20.5. The number of aromatic nitrogens is 4. The van der Waals surface area contributed by atoms with E-state index in [2.05, 4.69) is 104 Å². The maximum absolute atomic E-state index is 11.6. The van der Waals surface area contributed by atoms with Gasteiger partial charge in [-0.3, -0.25) is 4.79 Å². The van der Waals surface area contributed by atoms with Crippen LogP contribution in [0.1, 0.15) is 147 Å². The van der Waals surface area contributed by atoms with Crippen LogP contribution in [0.2, 0.25) is 0 Å². The van der Waals surface area contributed by atoms with E-state index in [1.54, 1.807) is 29.6 Å². The molecule has 8 fully saturated rings. The third kappa shape index (κ3) is 19.2. The van der Waals surface area contributed by atoms with Crippen LogP contribution in [0.5, 0.6) is 0 Å². The van der Waals surface area contributed by atoms with E-state index in [-0.39, 0.29) is 23.9 Å². The standard InChI is InChI=1S/C18H20N2O3S.C18H20N2O2S.C17H18N2O2S.C12H14N2O.C6H5BrO2S.C6H5IO2S/c1-10-14(17(21)13-6-15(24-9-13)18(22)23-2)3-4-16(19-10)20-7-11-5-12(11)8-20;1-11-13(5-12-6-16(23-10-12)18(21)22-2)3-4-17(19-11)20-8-14-7-15(14)9-20;1-10-12(4-11-5-15(17(20)21)22-9-11)2-3-16(18-10)19-7-13-6-14(13)8-19;1-8-9(7-15)2-3-12(13-8)14-5-10-4-11(10)6-14;2*1-9-6(8)5-2-4(7)3-10-5/h3-4,6,9,11-12,17,21H,5,7-8H2,1-2H3;3-4,6,10,14-15H,5,7-9H2,1-2H3;2-3,5,9,13-14H,4,6-8H2,1H3,(H,20,21);2-3,7,10-11H,4-6H2,1H3;2*2-3H,1H3. The quantitative estimate of drug-likeness (QED) is 0.0395. The molecular weight excluding hydrogens is 1600 g/mol. The van der Waals surface area contributed by atoms with E-state index in [1.807, 2.05) is 72.6 Å². The summed E-state index contributed by atoms with van der Waals surface area (Å²) in [5, 5.41) is 29.1. The fourth-order valence-electron chi connectivity index (χ4n) is 13.7. The Morgan fingerprint density at radius 1 is 0.481 bits per heavy atom. The summed E-state index contributed by atoms with van der Waals surface area (Å²) in [6, 6.07) is 25.2. The van der Waals surface area contributed by atoms with Crippen LogP contribution < -0.4 is 19.6 Å². The fraction of sp³-hybridized carbons (Fsp3) is 0.403. The van der Waals surface area contributed by atoms with Crippen molar-refractivity contribution >= 4 is 155 Å². The molecule has 0 bridgehead atoms.